The SMILES string of the molecule is CC(=O)N[C@H]1[C@H](O[C@H]2[C@@H](O)[C@@H](CO)O[C@@H](O[C@H]3[C@H](O[C@@H]4O[C@@H](C)[C@@H](O)[C@@H](O)[C@@H]4O)[C@@H](NC(C)=O)[C@H](OC[C@H]4OC(O)[C@H](NC(C)=O)[C@@H](O[C@@H]5O[C@H](CO)[C@H](O)[C@H](O[C@]6(C(=O)O)C[C@H](O)[C@@H](NC(C)=O)[C@H]([C@H](O)[C@H](O)CO)O6)[C@H]5O)[C@H]4O)O[C@@H]3CO)[C@@H]2O)O[C@H](CO)[C@@H](O[C@@H]2O[C@@H](C)[C@@H](O)[C@@H](O)[C@@H]2O)[C@@H]1O[C@@H]1O[C@H](CO)[C@H](O)[C@H](O[C@]2(C(=O)O)C[C@H](O)[C@@H](NC(C)=O)[C@H]([C@H](O)[C@H](O)CO)O2)[C@H]1O. The van der Waals surface area contributed by atoms with Crippen molar-refractivity contribution in [3.05, 3.63) is 0 Å². The number of aliphatic hydroxyl groups excluding tert-OH is 27. The van der Waals surface area contributed by atoms with Crippen LogP contribution in [0.25, 0.3) is 0 Å². The molecule has 0 saturated carbocycles. The normalized spacial score (nSPS) is 46.7. The summed E-state index contributed by atoms with van der Waals surface area (Å²) in [5, 5.41) is 338. The molecule has 10 aliphatic heterocycles. The van der Waals surface area contributed by atoms with Gasteiger partial charge in [0.25, 0.3) is 11.6 Å². The van der Waals surface area contributed by atoms with Crippen LogP contribution in [0.2, 0.25) is 0 Å². The lowest BCUT2D eigenvalue weighted by Gasteiger charge is -2.53. The van der Waals surface area contributed by atoms with E-state index < -0.39 is 425 Å². The molecule has 10 rings (SSSR count). The van der Waals surface area contributed by atoms with Crippen molar-refractivity contribution in [1.82, 2.24) is 26.6 Å². The van der Waals surface area contributed by atoms with Gasteiger partial charge in [0, 0.05) is 47.5 Å². The van der Waals surface area contributed by atoms with E-state index in [0.29, 0.717) is 0 Å². The number of hydrogen-bond donors (Lipinski definition) is 34. The molecule has 10 heterocycles. The quantitative estimate of drug-likeness (QED) is 0.0275. The van der Waals surface area contributed by atoms with E-state index in [1.54, 1.807) is 0 Å². The number of carboxylic acids is 2. The Balaban J connectivity index is 0.970. The van der Waals surface area contributed by atoms with Gasteiger partial charge in [0.05, 0.1) is 89.4 Å². The zero-order valence-corrected chi connectivity index (χ0v) is 73.5. The molecule has 34 N–H and O–H groups in total. The number of carboxylic acid groups (broad SMARTS) is 2. The molecule has 52 atom stereocenters. The summed E-state index contributed by atoms with van der Waals surface area (Å²) < 4.78 is 114. The molecule has 0 aromatic rings. The highest BCUT2D eigenvalue weighted by Gasteiger charge is 2.66. The van der Waals surface area contributed by atoms with Gasteiger partial charge in [0.1, 0.15) is 220 Å². The van der Waals surface area contributed by atoms with E-state index in [-0.39, 0.29) is 0 Å². The van der Waals surface area contributed by atoms with Gasteiger partial charge in [-0.3, -0.25) is 24.0 Å². The van der Waals surface area contributed by atoms with E-state index in [9.17, 15) is 182 Å². The largest absolute Gasteiger partial charge is 0.477 e. The smallest absolute Gasteiger partial charge is 0.364 e. The van der Waals surface area contributed by atoms with Crippen LogP contribution in [0.4, 0.5) is 0 Å². The first-order chi connectivity index (χ1) is 63.9. The van der Waals surface area contributed by atoms with Crippen LogP contribution in [0.3, 0.4) is 0 Å². The van der Waals surface area contributed by atoms with Gasteiger partial charge in [-0.1, -0.05) is 0 Å². The highest BCUT2D eigenvalue weighted by Crippen LogP contribution is 2.45. The highest BCUT2D eigenvalue weighted by molar-refractivity contribution is 5.78. The monoisotopic (exact) mass is 1990 g/mol. The molecular weight excluding hydrogens is 1860 g/mol. The molecule has 784 valence electrons. The summed E-state index contributed by atoms with van der Waals surface area (Å²) >= 11 is 0. The third-order valence-electron chi connectivity index (χ3n) is 24.7. The molecule has 0 bridgehead atoms. The van der Waals surface area contributed by atoms with Crippen LogP contribution < -0.4 is 26.6 Å². The predicted molar refractivity (Wildman–Crippen MR) is 419 cm³/mol. The van der Waals surface area contributed by atoms with E-state index in [1.165, 1.54) is 13.8 Å². The minimum absolute atomic E-state index is 0.842. The Hall–Kier alpha value is -5.55. The second kappa shape index (κ2) is 47.8. The number of carbonyl (C=O) groups is 7. The second-order valence-electron chi connectivity index (χ2n) is 34.5. The number of carbonyl (C=O) groups excluding carboxylic acids is 5. The van der Waals surface area contributed by atoms with Crippen LogP contribution in [0.15, 0.2) is 0 Å². The molecule has 60 nitrogen and oxygen atoms in total. The lowest BCUT2D eigenvalue weighted by molar-refractivity contribution is -0.400. The molecule has 136 heavy (non-hydrogen) atoms. The summed E-state index contributed by atoms with van der Waals surface area (Å²) in [7, 11) is 0. The Morgan fingerprint density at radius 1 is 0.316 bits per heavy atom. The first-order valence-electron chi connectivity index (χ1n) is 43.1. The van der Waals surface area contributed by atoms with E-state index in [2.05, 4.69) is 26.6 Å². The van der Waals surface area contributed by atoms with Crippen molar-refractivity contribution in [3.63, 3.8) is 0 Å². The summed E-state index contributed by atoms with van der Waals surface area (Å²) in [5.74, 6) is -16.1. The van der Waals surface area contributed by atoms with Crippen LogP contribution >= 0.6 is 0 Å². The fourth-order valence-electron chi connectivity index (χ4n) is 17.7. The van der Waals surface area contributed by atoms with Gasteiger partial charge >= 0.3 is 11.9 Å². The summed E-state index contributed by atoms with van der Waals surface area (Å²) in [5.41, 5.74) is 0. The number of hydrogen-bond acceptors (Lipinski definition) is 53. The fourth-order valence-corrected chi connectivity index (χ4v) is 17.7. The summed E-state index contributed by atoms with van der Waals surface area (Å²) in [6, 6.07) is -9.85. The molecule has 0 aromatic heterocycles. The molecule has 0 aliphatic carbocycles. The molecule has 60 heteroatoms. The molecule has 0 spiro atoms. The third kappa shape index (κ3) is 24.6. The average Bonchev–Trinajstić information content (AvgIpc) is 0.748. The number of aliphatic carboxylic acids is 2. The molecule has 5 amide bonds. The van der Waals surface area contributed by atoms with Gasteiger partial charge in [0.2, 0.25) is 29.5 Å². The van der Waals surface area contributed by atoms with E-state index in [1.807, 2.05) is 0 Å². The van der Waals surface area contributed by atoms with Gasteiger partial charge in [-0.25, -0.2) is 9.59 Å². The molecule has 0 aromatic carbocycles. The molecule has 1 unspecified atom stereocenters. The van der Waals surface area contributed by atoms with Gasteiger partial charge in [-0.15, -0.1) is 0 Å². The second-order valence-corrected chi connectivity index (χ2v) is 34.5. The summed E-state index contributed by atoms with van der Waals surface area (Å²) in [4.78, 5) is 91.9. The van der Waals surface area contributed by atoms with E-state index in [0.717, 1.165) is 34.6 Å². The number of nitrogens with one attached hydrogen (secondary N) is 5. The maximum atomic E-state index is 13.8. The highest BCUT2D eigenvalue weighted by atomic mass is 16.8. The topological polar surface area (TPSA) is 942 Å². The number of amides is 5. The van der Waals surface area contributed by atoms with Gasteiger partial charge in [-0.2, -0.15) is 0 Å². The van der Waals surface area contributed by atoms with Crippen molar-refractivity contribution in [2.24, 2.45) is 0 Å². The van der Waals surface area contributed by atoms with Gasteiger partial charge in [-0.05, 0) is 13.8 Å². The van der Waals surface area contributed by atoms with Crippen molar-refractivity contribution in [1.29, 1.82) is 0 Å². The molecule has 10 saturated heterocycles. The molecular formula is C76H125N5O55. The molecule has 10 aliphatic rings. The standard InChI is InChI=1S/C76H125N5O55/c1-18-40(98)48(106)50(108)68(119-18)127-56-33(16-88)126-67(39(81-24(7)93)61(56)131-72-54(112)64(46(104)31(14-86)124-72)136-76(74(116)117)9-26(95)36(78-21(4)90)59(134-76)43(101)28(97)11-83)132-62-44(102)29(12-84)122-70(52(62)110)128-55-32(15-87)125-66(38(80-23(6)92)60(55)130-69-51(109)49(107)41(99)19(2)120-69)118-17-34-47(105)57(37(65(113)121-34)79-22(5)91)129-71-53(111)63(45(103)30(13-85)123-71)135-75(73(114)115)8-25(94)35(77-20(3)89)58(133-75)42(100)27(96)10-82/h18-19,25-72,82-88,94-113H,8-17H2,1-7H3,(H,77,89)(H,78,90)(H,79,91)(H,80,92)(H,81,93)(H,114,115)(H,116,117)/t18-,19-,25-,26-,27+,28+,29+,30+,31+,32+,33+,34+,35+,36+,37+,38+,39+,40+,41+,42+,43+,44-,45-,46-,47-,48+,49+,50-,51-,52+,53+,54+,55+,56+,57+,58+,59+,60+,61+,62-,63-,64-,65?,66+,67-,68-,69-,70-,71-,72-,75-,76-/m0/s1. The minimum atomic E-state index is -3.41. The first kappa shape index (κ1) is 112. The lowest BCUT2D eigenvalue weighted by atomic mass is 9.88. The Labute approximate surface area is 769 Å². The maximum Gasteiger partial charge on any atom is 0.364 e. The summed E-state index contributed by atoms with van der Waals surface area (Å²) in [6.07, 6.45) is -103. The van der Waals surface area contributed by atoms with E-state index in [4.69, 9.17) is 90.0 Å². The van der Waals surface area contributed by atoms with Crippen molar-refractivity contribution in [2.75, 3.05) is 52.9 Å². The van der Waals surface area contributed by atoms with Crippen LogP contribution in [0.1, 0.15) is 61.3 Å². The maximum absolute atomic E-state index is 13.8. The van der Waals surface area contributed by atoms with Crippen molar-refractivity contribution < 1.29 is 272 Å². The first-order valence-corrected chi connectivity index (χ1v) is 43.1. The Kier molecular flexibility index (Phi) is 39.5. The Morgan fingerprint density at radius 2 is 0.610 bits per heavy atom. The molecule has 10 fully saturated rings. The van der Waals surface area contributed by atoms with Crippen LogP contribution in [-0.4, -0.2) is 560 Å². The minimum Gasteiger partial charge on any atom is -0.477 e. The van der Waals surface area contributed by atoms with E-state index >= 15 is 0 Å². The van der Waals surface area contributed by atoms with Crippen molar-refractivity contribution in [2.45, 2.75) is 379 Å². The number of ether oxygens (including phenoxy) is 19. The number of rotatable bonds is 37. The zero-order valence-electron chi connectivity index (χ0n) is 73.5. The Morgan fingerprint density at radius 3 is 0.963 bits per heavy atom. The van der Waals surface area contributed by atoms with Crippen molar-refractivity contribution in [3.8, 4) is 0 Å². The fraction of sp³-hybridized carbons (Fsp3) is 0.908. The van der Waals surface area contributed by atoms with Crippen LogP contribution in [-0.2, 0) is 124 Å². The average molecular weight is 1990 g/mol. The van der Waals surface area contributed by atoms with Crippen molar-refractivity contribution >= 4 is 41.5 Å². The summed E-state index contributed by atoms with van der Waals surface area (Å²) in [6.45, 7) is -3.26. The van der Waals surface area contributed by atoms with Crippen LogP contribution in [0.5, 0.6) is 0 Å². The van der Waals surface area contributed by atoms with Crippen LogP contribution in [0, 0.1) is 0 Å². The number of aliphatic hydroxyl groups is 27. The van der Waals surface area contributed by atoms with Gasteiger partial charge < -0.3 is 265 Å². The predicted octanol–water partition coefficient (Wildman–Crippen LogP) is -21.6. The third-order valence-corrected chi connectivity index (χ3v) is 24.7. The van der Waals surface area contributed by atoms with Gasteiger partial charge in [0.15, 0.2) is 50.3 Å². The molecule has 0 radical (unpaired) electrons. The Bertz CT molecular complexity index is 3890. The zero-order chi connectivity index (χ0) is 101. The lowest BCUT2D eigenvalue weighted by Crippen LogP contribution is -2.72.